The van der Waals surface area contributed by atoms with Crippen LogP contribution in [0.15, 0.2) is 96.6 Å². The van der Waals surface area contributed by atoms with Gasteiger partial charge in [-0.15, -0.1) is 0 Å². The first kappa shape index (κ1) is 21.1. The standard InChI is InChI=1S/C21H18N.C7H8.C2H6/c1-2-7-15(8-3-1)19-13-21-17-11-6-9-16(17)14-22(21)20-12-5-4-10-18(19)20;1-7-5-3-2-4-6-7;1-2/h1-5,7-8,10,12-13H,6,9,11,14H2;2-6H,1H3;1-2H3/q+1;;. The number of aryl methyl sites for hydroxylation is 1. The third-order valence-corrected chi connectivity index (χ3v) is 6.07. The highest BCUT2D eigenvalue weighted by Crippen LogP contribution is 2.39. The van der Waals surface area contributed by atoms with Crippen molar-refractivity contribution in [2.24, 2.45) is 0 Å². The second-order valence-corrected chi connectivity index (χ2v) is 8.00. The summed E-state index contributed by atoms with van der Waals surface area (Å²) in [5.74, 6) is 0. The van der Waals surface area contributed by atoms with Crippen LogP contribution in [0.3, 0.4) is 0 Å². The molecule has 4 aromatic rings. The minimum absolute atomic E-state index is 1.10. The van der Waals surface area contributed by atoms with E-state index in [2.05, 4.69) is 84.3 Å². The molecule has 1 aromatic heterocycles. The molecule has 0 saturated heterocycles. The Labute approximate surface area is 186 Å². The van der Waals surface area contributed by atoms with Crippen LogP contribution >= 0.6 is 0 Å². The molecule has 0 atom stereocenters. The smallest absolute Gasteiger partial charge is 0.187 e. The number of para-hydroxylation sites is 1. The SMILES string of the molecule is CC.Cc1ccccc1.c1ccc(-c2cc3[n+](c4ccccc24)CC2=C3CCC2)cc1. The van der Waals surface area contributed by atoms with Crippen molar-refractivity contribution in [2.45, 2.75) is 46.6 Å². The van der Waals surface area contributed by atoms with E-state index in [-0.39, 0.29) is 0 Å². The molecule has 0 fully saturated rings. The molecule has 0 N–H and O–H groups in total. The molecule has 0 amide bonds. The Kier molecular flexibility index (Phi) is 6.62. The zero-order chi connectivity index (χ0) is 21.6. The number of benzene rings is 3. The Morgan fingerprint density at radius 1 is 0.710 bits per heavy atom. The van der Waals surface area contributed by atoms with Gasteiger partial charge in [-0.05, 0) is 37.8 Å². The topological polar surface area (TPSA) is 3.88 Å². The van der Waals surface area contributed by atoms with Crippen molar-refractivity contribution in [2.75, 3.05) is 0 Å². The maximum atomic E-state index is 2.52. The second kappa shape index (κ2) is 9.75. The van der Waals surface area contributed by atoms with Gasteiger partial charge in [0.15, 0.2) is 6.54 Å². The summed E-state index contributed by atoms with van der Waals surface area (Å²) in [6.07, 6.45) is 3.87. The van der Waals surface area contributed by atoms with Crippen molar-refractivity contribution in [1.82, 2.24) is 0 Å². The lowest BCUT2D eigenvalue weighted by Crippen LogP contribution is -2.36. The fourth-order valence-electron chi connectivity index (χ4n) is 4.65. The number of aromatic nitrogens is 1. The van der Waals surface area contributed by atoms with Crippen LogP contribution in [0.1, 0.15) is 44.4 Å². The summed E-state index contributed by atoms with van der Waals surface area (Å²) >= 11 is 0. The average molecular weight is 407 g/mol. The van der Waals surface area contributed by atoms with Crippen LogP contribution in [0.25, 0.3) is 27.6 Å². The molecule has 0 unspecified atom stereocenters. The van der Waals surface area contributed by atoms with Gasteiger partial charge in [-0.25, -0.2) is 0 Å². The summed E-state index contributed by atoms with van der Waals surface area (Å²) in [4.78, 5) is 0. The molecule has 3 aromatic carbocycles. The van der Waals surface area contributed by atoms with Crippen LogP contribution in [0, 0.1) is 6.92 Å². The molecular weight excluding hydrogens is 374 g/mol. The van der Waals surface area contributed by atoms with E-state index >= 15 is 0 Å². The molecule has 0 radical (unpaired) electrons. The number of rotatable bonds is 1. The zero-order valence-corrected chi connectivity index (χ0v) is 18.9. The molecule has 31 heavy (non-hydrogen) atoms. The molecule has 2 heterocycles. The third-order valence-electron chi connectivity index (χ3n) is 6.07. The van der Waals surface area contributed by atoms with E-state index in [0.29, 0.717) is 0 Å². The van der Waals surface area contributed by atoms with E-state index in [1.165, 1.54) is 52.5 Å². The molecule has 6 rings (SSSR count). The molecule has 156 valence electrons. The Balaban J connectivity index is 0.000000219. The molecule has 0 spiro atoms. The fraction of sp³-hybridized carbons (Fsp3) is 0.233. The van der Waals surface area contributed by atoms with Gasteiger partial charge in [-0.1, -0.05) is 92.2 Å². The number of fused-ring (bicyclic) bond motifs is 4. The minimum Gasteiger partial charge on any atom is -0.187 e. The Morgan fingerprint density at radius 2 is 1.35 bits per heavy atom. The third kappa shape index (κ3) is 4.32. The van der Waals surface area contributed by atoms with Crippen LogP contribution in [-0.2, 0) is 6.54 Å². The Morgan fingerprint density at radius 3 is 2.03 bits per heavy atom. The van der Waals surface area contributed by atoms with Gasteiger partial charge >= 0.3 is 0 Å². The van der Waals surface area contributed by atoms with Gasteiger partial charge in [-0.2, -0.15) is 4.57 Å². The summed E-state index contributed by atoms with van der Waals surface area (Å²) in [5.41, 5.74) is 10.1. The number of allylic oxidation sites excluding steroid dienone is 2. The van der Waals surface area contributed by atoms with Crippen LogP contribution in [0.4, 0.5) is 0 Å². The molecule has 2 aliphatic rings. The first-order valence-corrected chi connectivity index (χ1v) is 11.6. The van der Waals surface area contributed by atoms with Crippen molar-refractivity contribution in [3.63, 3.8) is 0 Å². The highest BCUT2D eigenvalue weighted by atomic mass is 15.0. The van der Waals surface area contributed by atoms with Crippen molar-refractivity contribution < 1.29 is 4.57 Å². The maximum absolute atomic E-state index is 2.52. The van der Waals surface area contributed by atoms with Crippen molar-refractivity contribution >= 4 is 16.5 Å². The number of pyridine rings is 1. The van der Waals surface area contributed by atoms with Gasteiger partial charge < -0.3 is 0 Å². The number of nitrogens with zero attached hydrogens (tertiary/aromatic N) is 1. The van der Waals surface area contributed by atoms with Crippen LogP contribution in [0.2, 0.25) is 0 Å². The fourth-order valence-corrected chi connectivity index (χ4v) is 4.65. The van der Waals surface area contributed by atoms with E-state index in [0.717, 1.165) is 6.54 Å². The van der Waals surface area contributed by atoms with E-state index in [1.54, 1.807) is 11.1 Å². The van der Waals surface area contributed by atoms with E-state index in [1.807, 2.05) is 32.0 Å². The van der Waals surface area contributed by atoms with Gasteiger partial charge in [0.25, 0.3) is 0 Å². The summed E-state index contributed by atoms with van der Waals surface area (Å²) in [6, 6.07) is 32.3. The van der Waals surface area contributed by atoms with Crippen molar-refractivity contribution in [3.05, 3.63) is 108 Å². The molecule has 0 saturated carbocycles. The highest BCUT2D eigenvalue weighted by Gasteiger charge is 2.34. The van der Waals surface area contributed by atoms with Gasteiger partial charge in [0, 0.05) is 28.8 Å². The largest absolute Gasteiger partial charge is 0.213 e. The van der Waals surface area contributed by atoms with Gasteiger partial charge in [0.05, 0.1) is 5.39 Å². The summed E-state index contributed by atoms with van der Waals surface area (Å²) < 4.78 is 2.52. The van der Waals surface area contributed by atoms with Gasteiger partial charge in [0.2, 0.25) is 11.2 Å². The maximum Gasteiger partial charge on any atom is 0.213 e. The summed E-state index contributed by atoms with van der Waals surface area (Å²) in [6.45, 7) is 7.18. The quantitative estimate of drug-likeness (QED) is 0.284. The molecule has 1 nitrogen and oxygen atoms in total. The monoisotopic (exact) mass is 406 g/mol. The average Bonchev–Trinajstić information content (AvgIpc) is 3.43. The Bertz CT molecular complexity index is 1190. The predicted molar refractivity (Wildman–Crippen MR) is 133 cm³/mol. The lowest BCUT2D eigenvalue weighted by atomic mass is 9.98. The molecule has 1 aliphatic carbocycles. The summed E-state index contributed by atoms with van der Waals surface area (Å²) in [7, 11) is 0. The second-order valence-electron chi connectivity index (χ2n) is 8.00. The Hall–Kier alpha value is -3.19. The van der Waals surface area contributed by atoms with E-state index < -0.39 is 0 Å². The number of hydrogen-bond acceptors (Lipinski definition) is 0. The summed E-state index contributed by atoms with van der Waals surface area (Å²) in [5, 5.41) is 1.36. The normalized spacial score (nSPS) is 13.6. The predicted octanol–water partition coefficient (Wildman–Crippen LogP) is 7.77. The van der Waals surface area contributed by atoms with Crippen LogP contribution < -0.4 is 4.57 Å². The van der Waals surface area contributed by atoms with Crippen molar-refractivity contribution in [1.29, 1.82) is 0 Å². The lowest BCUT2D eigenvalue weighted by molar-refractivity contribution is -0.660. The van der Waals surface area contributed by atoms with E-state index in [9.17, 15) is 0 Å². The molecule has 1 heteroatoms. The van der Waals surface area contributed by atoms with Crippen LogP contribution in [-0.4, -0.2) is 0 Å². The van der Waals surface area contributed by atoms with Gasteiger partial charge in [-0.3, -0.25) is 0 Å². The molecule has 1 aliphatic heterocycles. The molecular formula is C30H32N+. The molecule has 0 bridgehead atoms. The van der Waals surface area contributed by atoms with Gasteiger partial charge in [0.1, 0.15) is 0 Å². The number of hydrogen-bond donors (Lipinski definition) is 0. The lowest BCUT2D eigenvalue weighted by Gasteiger charge is -2.09. The zero-order valence-electron chi connectivity index (χ0n) is 18.9. The first-order chi connectivity index (χ1) is 15.3. The van der Waals surface area contributed by atoms with Crippen LogP contribution in [0.5, 0.6) is 0 Å². The van der Waals surface area contributed by atoms with E-state index in [4.69, 9.17) is 0 Å². The minimum atomic E-state index is 1.10. The van der Waals surface area contributed by atoms with Crippen molar-refractivity contribution in [3.8, 4) is 11.1 Å². The first-order valence-electron chi connectivity index (χ1n) is 11.6. The highest BCUT2D eigenvalue weighted by molar-refractivity contribution is 5.94.